The maximum atomic E-state index is 12.3. The zero-order valence-electron chi connectivity index (χ0n) is 11.9. The van der Waals surface area contributed by atoms with Crippen molar-refractivity contribution in [1.29, 1.82) is 0 Å². The molecule has 0 bridgehead atoms. The predicted molar refractivity (Wildman–Crippen MR) is 74.5 cm³/mol. The van der Waals surface area contributed by atoms with E-state index in [1.807, 2.05) is 0 Å². The second kappa shape index (κ2) is 5.73. The second-order valence-electron chi connectivity index (χ2n) is 5.24. The molecule has 0 radical (unpaired) electrons. The monoisotopic (exact) mass is 290 g/mol. The first-order valence-electron chi connectivity index (χ1n) is 7.09. The van der Waals surface area contributed by atoms with E-state index in [2.05, 4.69) is 4.98 Å². The maximum Gasteiger partial charge on any atom is 0.263 e. The van der Waals surface area contributed by atoms with Gasteiger partial charge in [-0.3, -0.25) is 4.79 Å². The van der Waals surface area contributed by atoms with Crippen LogP contribution in [-0.2, 0) is 11.2 Å². The molecule has 1 aliphatic rings. The highest BCUT2D eigenvalue weighted by Gasteiger charge is 2.29. The fourth-order valence-corrected chi connectivity index (χ4v) is 2.70. The zero-order chi connectivity index (χ0) is 14.8. The van der Waals surface area contributed by atoms with E-state index in [1.54, 1.807) is 30.2 Å². The van der Waals surface area contributed by atoms with Crippen molar-refractivity contribution in [2.75, 3.05) is 13.2 Å². The lowest BCUT2D eigenvalue weighted by atomic mass is 10.2. The number of aromatic nitrogens is 1. The number of aryl methyl sites for hydroxylation is 1. The molecule has 112 valence electrons. The topological polar surface area (TPSA) is 79.7 Å². The standard InChI is InChI=1S/C15H18N2O4/c1-10-12(16-15(21-10)13-5-3-7-20-13)8-14(19)17-6-2-4-11(17)9-18/h3,5,7,11,18H,2,4,6,8-9H2,1H3/t11-/m1/s1. The van der Waals surface area contributed by atoms with E-state index in [0.29, 0.717) is 29.6 Å². The van der Waals surface area contributed by atoms with Crippen molar-refractivity contribution in [3.63, 3.8) is 0 Å². The molecule has 3 rings (SSSR count). The third-order valence-corrected chi connectivity index (χ3v) is 3.85. The fourth-order valence-electron chi connectivity index (χ4n) is 2.70. The lowest BCUT2D eigenvalue weighted by Gasteiger charge is -2.22. The summed E-state index contributed by atoms with van der Waals surface area (Å²) in [7, 11) is 0. The lowest BCUT2D eigenvalue weighted by Crippen LogP contribution is -2.38. The molecule has 1 aliphatic heterocycles. The normalized spacial score (nSPS) is 18.4. The van der Waals surface area contributed by atoms with Crippen LogP contribution in [-0.4, -0.2) is 40.1 Å². The molecule has 1 fully saturated rings. The van der Waals surface area contributed by atoms with Crippen molar-refractivity contribution in [1.82, 2.24) is 9.88 Å². The number of hydrogen-bond donors (Lipinski definition) is 1. The van der Waals surface area contributed by atoms with Crippen LogP contribution in [0.1, 0.15) is 24.3 Å². The van der Waals surface area contributed by atoms with Crippen LogP contribution in [0.15, 0.2) is 27.2 Å². The number of aliphatic hydroxyl groups is 1. The Bertz CT molecular complexity index is 618. The van der Waals surface area contributed by atoms with Crippen molar-refractivity contribution in [3.05, 3.63) is 29.9 Å². The number of furan rings is 1. The van der Waals surface area contributed by atoms with Gasteiger partial charge in [0, 0.05) is 6.54 Å². The van der Waals surface area contributed by atoms with Crippen molar-refractivity contribution in [3.8, 4) is 11.7 Å². The molecule has 6 nitrogen and oxygen atoms in total. The molecule has 1 N–H and O–H groups in total. The van der Waals surface area contributed by atoms with Crippen LogP contribution in [0.4, 0.5) is 0 Å². The molecule has 1 atom stereocenters. The van der Waals surface area contributed by atoms with E-state index >= 15 is 0 Å². The molecule has 0 aromatic carbocycles. The van der Waals surface area contributed by atoms with E-state index in [-0.39, 0.29) is 25.0 Å². The highest BCUT2D eigenvalue weighted by Crippen LogP contribution is 2.24. The highest BCUT2D eigenvalue weighted by atomic mass is 16.4. The van der Waals surface area contributed by atoms with E-state index in [1.165, 1.54) is 0 Å². The van der Waals surface area contributed by atoms with Gasteiger partial charge in [0.25, 0.3) is 5.89 Å². The minimum Gasteiger partial charge on any atom is -0.459 e. The number of hydrogen-bond acceptors (Lipinski definition) is 5. The van der Waals surface area contributed by atoms with E-state index in [0.717, 1.165) is 12.8 Å². The van der Waals surface area contributed by atoms with Gasteiger partial charge in [0.05, 0.1) is 31.0 Å². The quantitative estimate of drug-likeness (QED) is 0.928. The summed E-state index contributed by atoms with van der Waals surface area (Å²) < 4.78 is 10.8. The van der Waals surface area contributed by atoms with E-state index < -0.39 is 0 Å². The van der Waals surface area contributed by atoms with Gasteiger partial charge >= 0.3 is 0 Å². The summed E-state index contributed by atoms with van der Waals surface area (Å²) in [5.41, 5.74) is 0.620. The molecule has 2 aromatic heterocycles. The minimum absolute atomic E-state index is 0.0151. The van der Waals surface area contributed by atoms with Gasteiger partial charge in [0.2, 0.25) is 5.91 Å². The van der Waals surface area contributed by atoms with Crippen LogP contribution < -0.4 is 0 Å². The molecule has 3 heterocycles. The number of carbonyl (C=O) groups is 1. The molecule has 1 saturated heterocycles. The van der Waals surface area contributed by atoms with Gasteiger partial charge in [-0.1, -0.05) is 0 Å². The van der Waals surface area contributed by atoms with Gasteiger partial charge in [0.1, 0.15) is 5.76 Å². The number of carbonyl (C=O) groups excluding carboxylic acids is 1. The van der Waals surface area contributed by atoms with E-state index in [9.17, 15) is 9.90 Å². The Morgan fingerprint density at radius 1 is 1.57 bits per heavy atom. The van der Waals surface area contributed by atoms with Gasteiger partial charge in [-0.15, -0.1) is 0 Å². The highest BCUT2D eigenvalue weighted by molar-refractivity contribution is 5.79. The van der Waals surface area contributed by atoms with Gasteiger partial charge < -0.3 is 18.8 Å². The van der Waals surface area contributed by atoms with Crippen molar-refractivity contribution in [2.24, 2.45) is 0 Å². The average molecular weight is 290 g/mol. The van der Waals surface area contributed by atoms with Crippen molar-refractivity contribution in [2.45, 2.75) is 32.2 Å². The number of aliphatic hydroxyl groups excluding tert-OH is 1. The van der Waals surface area contributed by atoms with Crippen LogP contribution in [0.5, 0.6) is 0 Å². The first-order valence-corrected chi connectivity index (χ1v) is 7.09. The number of nitrogens with zero attached hydrogens (tertiary/aromatic N) is 2. The first kappa shape index (κ1) is 13.9. The van der Waals surface area contributed by atoms with Crippen LogP contribution >= 0.6 is 0 Å². The summed E-state index contributed by atoms with van der Waals surface area (Å²) in [6.45, 7) is 2.50. The summed E-state index contributed by atoms with van der Waals surface area (Å²) in [4.78, 5) is 18.4. The van der Waals surface area contributed by atoms with Crippen molar-refractivity contribution >= 4 is 5.91 Å². The number of oxazole rings is 1. The molecule has 21 heavy (non-hydrogen) atoms. The van der Waals surface area contributed by atoms with Crippen LogP contribution in [0.3, 0.4) is 0 Å². The Morgan fingerprint density at radius 3 is 3.14 bits per heavy atom. The number of amides is 1. The molecule has 0 unspecified atom stereocenters. The number of rotatable bonds is 4. The summed E-state index contributed by atoms with van der Waals surface area (Å²) in [6.07, 6.45) is 3.53. The summed E-state index contributed by atoms with van der Waals surface area (Å²) in [5.74, 6) is 1.54. The first-order chi connectivity index (χ1) is 10.2. The smallest absolute Gasteiger partial charge is 0.263 e. The second-order valence-corrected chi connectivity index (χ2v) is 5.24. The third-order valence-electron chi connectivity index (χ3n) is 3.85. The summed E-state index contributed by atoms with van der Waals surface area (Å²) in [6, 6.07) is 3.46. The molecular weight excluding hydrogens is 272 g/mol. The van der Waals surface area contributed by atoms with Crippen LogP contribution in [0, 0.1) is 6.92 Å². The van der Waals surface area contributed by atoms with Gasteiger partial charge in [-0.25, -0.2) is 4.98 Å². The molecule has 0 aliphatic carbocycles. The largest absolute Gasteiger partial charge is 0.459 e. The molecule has 6 heteroatoms. The summed E-state index contributed by atoms with van der Waals surface area (Å²) >= 11 is 0. The summed E-state index contributed by atoms with van der Waals surface area (Å²) in [5, 5.41) is 9.29. The van der Waals surface area contributed by atoms with Gasteiger partial charge in [-0.2, -0.15) is 0 Å². The lowest BCUT2D eigenvalue weighted by molar-refractivity contribution is -0.132. The van der Waals surface area contributed by atoms with Gasteiger partial charge in [-0.05, 0) is 31.9 Å². The van der Waals surface area contributed by atoms with Crippen LogP contribution in [0.2, 0.25) is 0 Å². The predicted octanol–water partition coefficient (Wildman–Crippen LogP) is 1.77. The Labute approximate surface area is 122 Å². The molecule has 1 amide bonds. The third kappa shape index (κ3) is 2.71. The maximum absolute atomic E-state index is 12.3. The van der Waals surface area contributed by atoms with Gasteiger partial charge in [0.15, 0.2) is 5.76 Å². The average Bonchev–Trinajstić information content (AvgIpc) is 3.18. The molecule has 2 aromatic rings. The Balaban J connectivity index is 1.74. The molecule has 0 spiro atoms. The van der Waals surface area contributed by atoms with E-state index in [4.69, 9.17) is 8.83 Å². The zero-order valence-corrected chi connectivity index (χ0v) is 11.9. The van der Waals surface area contributed by atoms with Crippen LogP contribution in [0.25, 0.3) is 11.7 Å². The fraction of sp³-hybridized carbons (Fsp3) is 0.467. The Hall–Kier alpha value is -2.08. The Kier molecular flexibility index (Phi) is 3.79. The SMILES string of the molecule is Cc1oc(-c2ccco2)nc1CC(=O)N1CCC[C@@H]1CO. The minimum atomic E-state index is -0.0609. The molecular formula is C15H18N2O4. The van der Waals surface area contributed by atoms with Crippen molar-refractivity contribution < 1.29 is 18.7 Å². The molecule has 0 saturated carbocycles. The Morgan fingerprint density at radius 2 is 2.43 bits per heavy atom. The number of likely N-dealkylation sites (tertiary alicyclic amines) is 1.